The van der Waals surface area contributed by atoms with Crippen molar-refractivity contribution in [3.05, 3.63) is 59.5 Å². The number of carbonyl (C=O) groups is 1. The molecule has 1 heterocycles. The van der Waals surface area contributed by atoms with Gasteiger partial charge >= 0.3 is 5.97 Å². The van der Waals surface area contributed by atoms with E-state index < -0.39 is 5.82 Å². The van der Waals surface area contributed by atoms with Crippen molar-refractivity contribution in [3.8, 4) is 28.6 Å². The third-order valence-electron chi connectivity index (χ3n) is 7.75. The second-order valence-electron chi connectivity index (χ2n) is 11.5. The van der Waals surface area contributed by atoms with Crippen molar-refractivity contribution in [2.45, 2.75) is 58.5 Å². The number of esters is 1. The van der Waals surface area contributed by atoms with E-state index >= 15 is 0 Å². The van der Waals surface area contributed by atoms with Crippen LogP contribution in [0, 0.1) is 23.1 Å². The zero-order valence-electron chi connectivity index (χ0n) is 23.0. The maximum absolute atomic E-state index is 14.9. The Morgan fingerprint density at radius 2 is 1.90 bits per heavy atom. The van der Waals surface area contributed by atoms with E-state index in [1.165, 1.54) is 20.3 Å². The summed E-state index contributed by atoms with van der Waals surface area (Å²) >= 11 is 0. The third kappa shape index (κ3) is 6.37. The van der Waals surface area contributed by atoms with Crippen molar-refractivity contribution in [2.75, 3.05) is 20.8 Å². The minimum atomic E-state index is -0.460. The van der Waals surface area contributed by atoms with Gasteiger partial charge in [0.25, 0.3) is 0 Å². The number of methoxy groups -OCH3 is 2. The van der Waals surface area contributed by atoms with E-state index in [0.717, 1.165) is 31.2 Å². The zero-order chi connectivity index (χ0) is 27.6. The number of halogens is 1. The molecule has 2 aliphatic rings. The third-order valence-corrected chi connectivity index (χ3v) is 7.75. The van der Waals surface area contributed by atoms with Crippen LogP contribution in [0.15, 0.2) is 47.0 Å². The van der Waals surface area contributed by atoms with E-state index in [1.807, 2.05) is 24.3 Å². The molecular weight excluding hydrogens is 501 g/mol. The van der Waals surface area contributed by atoms with Gasteiger partial charge in [0.1, 0.15) is 23.9 Å². The lowest BCUT2D eigenvalue weighted by molar-refractivity contribution is -0.141. The Morgan fingerprint density at radius 3 is 2.59 bits per heavy atom. The van der Waals surface area contributed by atoms with E-state index in [-0.39, 0.29) is 29.8 Å². The molecule has 2 saturated carbocycles. The Bertz CT molecular complexity index is 1310. The molecule has 208 valence electrons. The van der Waals surface area contributed by atoms with Crippen LogP contribution >= 0.6 is 0 Å². The first kappa shape index (κ1) is 27.0. The van der Waals surface area contributed by atoms with Crippen molar-refractivity contribution in [2.24, 2.45) is 17.3 Å². The second kappa shape index (κ2) is 11.3. The maximum Gasteiger partial charge on any atom is 0.306 e. The van der Waals surface area contributed by atoms with Crippen LogP contribution in [0.2, 0.25) is 0 Å². The summed E-state index contributed by atoms with van der Waals surface area (Å²) in [5, 5.41) is 4.21. The summed E-state index contributed by atoms with van der Waals surface area (Å²) in [5.74, 6) is 2.06. The molecule has 5 rings (SSSR count). The molecule has 0 saturated heterocycles. The summed E-state index contributed by atoms with van der Waals surface area (Å²) < 4.78 is 43.1. The van der Waals surface area contributed by atoms with Gasteiger partial charge in [0, 0.05) is 0 Å². The van der Waals surface area contributed by atoms with Gasteiger partial charge < -0.3 is 23.5 Å². The summed E-state index contributed by atoms with van der Waals surface area (Å²) in [7, 11) is 2.94. The summed E-state index contributed by atoms with van der Waals surface area (Å²) in [4.78, 5) is 12.0. The molecular formula is C31H36FNO6. The van der Waals surface area contributed by atoms with Crippen LogP contribution in [-0.2, 0) is 16.1 Å². The van der Waals surface area contributed by atoms with Crippen molar-refractivity contribution in [3.63, 3.8) is 0 Å². The summed E-state index contributed by atoms with van der Waals surface area (Å²) in [6.45, 7) is 5.05. The largest absolute Gasteiger partial charge is 0.497 e. The minimum Gasteiger partial charge on any atom is -0.497 e. The molecule has 0 bridgehead atoms. The molecule has 2 aliphatic carbocycles. The fourth-order valence-electron chi connectivity index (χ4n) is 5.66. The smallest absolute Gasteiger partial charge is 0.306 e. The van der Waals surface area contributed by atoms with Gasteiger partial charge in [0.15, 0.2) is 11.4 Å². The Morgan fingerprint density at radius 1 is 1.10 bits per heavy atom. The first-order valence-electron chi connectivity index (χ1n) is 13.5. The molecule has 7 nitrogen and oxygen atoms in total. The zero-order valence-corrected chi connectivity index (χ0v) is 23.0. The van der Waals surface area contributed by atoms with Crippen LogP contribution in [0.25, 0.3) is 11.3 Å². The minimum absolute atomic E-state index is 0.0785. The van der Waals surface area contributed by atoms with Crippen LogP contribution in [-0.4, -0.2) is 32.0 Å². The van der Waals surface area contributed by atoms with Gasteiger partial charge in [0.05, 0.1) is 32.8 Å². The predicted molar refractivity (Wildman–Crippen MR) is 143 cm³/mol. The Kier molecular flexibility index (Phi) is 7.82. The van der Waals surface area contributed by atoms with E-state index in [9.17, 15) is 9.18 Å². The number of nitrogens with zero attached hydrogens (tertiary/aromatic N) is 1. The quantitative estimate of drug-likeness (QED) is 0.232. The monoisotopic (exact) mass is 537 g/mol. The summed E-state index contributed by atoms with van der Waals surface area (Å²) in [6.07, 6.45) is 4.68. The highest BCUT2D eigenvalue weighted by Gasteiger charge is 2.37. The molecule has 0 aliphatic heterocycles. The van der Waals surface area contributed by atoms with Crippen molar-refractivity contribution < 1.29 is 32.7 Å². The average Bonchev–Trinajstić information content (AvgIpc) is 3.68. The van der Waals surface area contributed by atoms with Gasteiger partial charge in [-0.15, -0.1) is 0 Å². The van der Waals surface area contributed by atoms with Crippen molar-refractivity contribution in [1.29, 1.82) is 0 Å². The molecule has 2 fully saturated rings. The van der Waals surface area contributed by atoms with Crippen LogP contribution in [0.5, 0.6) is 17.2 Å². The lowest BCUT2D eigenvalue weighted by Crippen LogP contribution is -2.35. The number of hydrogen-bond donors (Lipinski definition) is 0. The van der Waals surface area contributed by atoms with Gasteiger partial charge in [-0.05, 0) is 84.7 Å². The topological polar surface area (TPSA) is 80.0 Å². The molecule has 1 aromatic heterocycles. The molecule has 1 unspecified atom stereocenters. The number of rotatable bonds is 12. The fraction of sp³-hybridized carbons (Fsp3) is 0.484. The predicted octanol–water partition coefficient (Wildman–Crippen LogP) is 6.94. The molecule has 1 atom stereocenters. The molecule has 0 spiro atoms. The van der Waals surface area contributed by atoms with E-state index in [0.29, 0.717) is 53.2 Å². The SMILES string of the molecule is COC(=O)CC(c1cccc(OCc2noc(-c3cc(OC)ccc3F)c2OCC2CC(C)(C)C2)c1)C1CC1. The molecule has 8 heteroatoms. The molecule has 0 radical (unpaired) electrons. The second-order valence-corrected chi connectivity index (χ2v) is 11.5. The van der Waals surface area contributed by atoms with E-state index in [1.54, 1.807) is 12.1 Å². The van der Waals surface area contributed by atoms with Gasteiger partial charge in [-0.3, -0.25) is 4.79 Å². The van der Waals surface area contributed by atoms with Crippen molar-refractivity contribution >= 4 is 5.97 Å². The first-order valence-corrected chi connectivity index (χ1v) is 13.5. The Hall–Kier alpha value is -3.55. The fourth-order valence-corrected chi connectivity index (χ4v) is 5.66. The van der Waals surface area contributed by atoms with Crippen molar-refractivity contribution in [1.82, 2.24) is 5.16 Å². The lowest BCUT2D eigenvalue weighted by Gasteiger charge is -2.42. The number of ether oxygens (including phenoxy) is 4. The summed E-state index contributed by atoms with van der Waals surface area (Å²) in [5.41, 5.74) is 2.02. The normalized spacial score (nSPS) is 17.3. The van der Waals surface area contributed by atoms with Gasteiger partial charge in [-0.2, -0.15) is 0 Å². The van der Waals surface area contributed by atoms with E-state index in [4.69, 9.17) is 23.5 Å². The summed E-state index contributed by atoms with van der Waals surface area (Å²) in [6, 6.07) is 12.2. The van der Waals surface area contributed by atoms with Crippen LogP contribution in [0.3, 0.4) is 0 Å². The highest BCUT2D eigenvalue weighted by Crippen LogP contribution is 2.46. The first-order chi connectivity index (χ1) is 18.8. The molecule has 2 aromatic carbocycles. The van der Waals surface area contributed by atoms with Crippen LogP contribution in [0.1, 0.15) is 63.1 Å². The van der Waals surface area contributed by atoms with Gasteiger partial charge in [-0.25, -0.2) is 4.39 Å². The number of benzene rings is 2. The Balaban J connectivity index is 1.36. The maximum atomic E-state index is 14.9. The standard InChI is InChI=1S/C31H36FNO6/c1-31(2)15-19(16-31)17-38-30-27(33-39-29(30)25-13-22(35-3)10-11-26(25)32)18-37-23-7-5-6-21(12-23)24(20-8-9-20)14-28(34)36-4/h5-7,10-13,19-20,24H,8-9,14-18H2,1-4H3. The average molecular weight is 538 g/mol. The number of carbonyl (C=O) groups excluding carboxylic acids is 1. The highest BCUT2D eigenvalue weighted by molar-refractivity contribution is 5.70. The number of hydrogen-bond acceptors (Lipinski definition) is 7. The molecule has 0 N–H and O–H groups in total. The highest BCUT2D eigenvalue weighted by atomic mass is 19.1. The Labute approximate surface area is 228 Å². The molecule has 3 aromatic rings. The number of aromatic nitrogens is 1. The van der Waals surface area contributed by atoms with Gasteiger partial charge in [-0.1, -0.05) is 31.1 Å². The molecule has 39 heavy (non-hydrogen) atoms. The lowest BCUT2D eigenvalue weighted by atomic mass is 9.65. The van der Waals surface area contributed by atoms with E-state index in [2.05, 4.69) is 19.0 Å². The van der Waals surface area contributed by atoms with Crippen LogP contribution < -0.4 is 14.2 Å². The van der Waals surface area contributed by atoms with Crippen LogP contribution in [0.4, 0.5) is 4.39 Å². The molecule has 0 amide bonds. The van der Waals surface area contributed by atoms with Gasteiger partial charge in [0.2, 0.25) is 5.76 Å².